The molecule has 4 atom stereocenters. The average Bonchev–Trinajstić information content (AvgIpc) is 2.68. The molecule has 0 spiro atoms. The topological polar surface area (TPSA) is 36.9 Å². The van der Waals surface area contributed by atoms with Crippen molar-refractivity contribution in [2.45, 2.75) is 63.9 Å². The smallest absolute Gasteiger partial charge is 0.146 e. The van der Waals surface area contributed by atoms with Crippen molar-refractivity contribution in [1.82, 2.24) is 0 Å². The van der Waals surface area contributed by atoms with Crippen LogP contribution < -0.4 is 0 Å². The number of ether oxygens (including phenoxy) is 4. The Morgan fingerprint density at radius 1 is 1.15 bits per heavy atom. The maximum atomic E-state index is 6.22. The fourth-order valence-corrected chi connectivity index (χ4v) is 3.88. The number of benzene rings is 1. The second-order valence-electron chi connectivity index (χ2n) is 7.21. The van der Waals surface area contributed by atoms with Crippen LogP contribution >= 0.6 is 22.6 Å². The number of hydrogen-bond acceptors (Lipinski definition) is 4. The van der Waals surface area contributed by atoms with E-state index in [2.05, 4.69) is 53.8 Å². The lowest BCUT2D eigenvalue weighted by molar-refractivity contribution is -0.144. The Labute approximate surface area is 172 Å². The SMILES string of the molecule is COCO[C@H]1C[C@@H](CI)O[C@@H](CC[C@@H](C)CCOCc2ccccc2)C1. The fraction of sp³-hybridized carbons (Fsp3) is 0.714. The second-order valence-corrected chi connectivity index (χ2v) is 8.09. The molecule has 0 aliphatic carbocycles. The molecule has 1 aromatic carbocycles. The van der Waals surface area contributed by atoms with Crippen LogP contribution in [-0.2, 0) is 25.6 Å². The Hall–Kier alpha value is -0.210. The van der Waals surface area contributed by atoms with Crippen molar-refractivity contribution < 1.29 is 18.9 Å². The molecule has 0 N–H and O–H groups in total. The van der Waals surface area contributed by atoms with E-state index in [1.165, 1.54) is 12.0 Å². The molecule has 148 valence electrons. The molecule has 5 heteroatoms. The van der Waals surface area contributed by atoms with Gasteiger partial charge >= 0.3 is 0 Å². The minimum atomic E-state index is 0.262. The van der Waals surface area contributed by atoms with Crippen LogP contribution in [0.4, 0.5) is 0 Å². The molecular formula is C21H33IO4. The van der Waals surface area contributed by atoms with Crippen molar-refractivity contribution in [3.63, 3.8) is 0 Å². The summed E-state index contributed by atoms with van der Waals surface area (Å²) < 4.78 is 23.9. The van der Waals surface area contributed by atoms with E-state index in [9.17, 15) is 0 Å². The third kappa shape index (κ3) is 8.65. The Morgan fingerprint density at radius 3 is 2.65 bits per heavy atom. The molecule has 1 saturated heterocycles. The number of alkyl halides is 1. The van der Waals surface area contributed by atoms with Crippen molar-refractivity contribution >= 4 is 22.6 Å². The summed E-state index contributed by atoms with van der Waals surface area (Å²) in [5.74, 6) is 0.646. The normalized spacial score (nSPS) is 24.5. The van der Waals surface area contributed by atoms with E-state index < -0.39 is 0 Å². The molecule has 1 aromatic rings. The maximum Gasteiger partial charge on any atom is 0.146 e. The van der Waals surface area contributed by atoms with Crippen LogP contribution in [0.15, 0.2) is 30.3 Å². The summed E-state index contributed by atoms with van der Waals surface area (Å²) in [4.78, 5) is 0. The van der Waals surface area contributed by atoms with Gasteiger partial charge in [-0.15, -0.1) is 0 Å². The fourth-order valence-electron chi connectivity index (χ4n) is 3.32. The first kappa shape index (κ1) is 22.1. The van der Waals surface area contributed by atoms with E-state index in [4.69, 9.17) is 18.9 Å². The van der Waals surface area contributed by atoms with Crippen LogP contribution in [0.25, 0.3) is 0 Å². The van der Waals surface area contributed by atoms with Crippen molar-refractivity contribution in [2.24, 2.45) is 5.92 Å². The first-order valence-corrected chi connectivity index (χ1v) is 11.2. The van der Waals surface area contributed by atoms with Crippen LogP contribution in [0.3, 0.4) is 0 Å². The van der Waals surface area contributed by atoms with Crippen molar-refractivity contribution in [2.75, 3.05) is 24.9 Å². The van der Waals surface area contributed by atoms with Gasteiger partial charge in [-0.25, -0.2) is 0 Å². The van der Waals surface area contributed by atoms with Crippen LogP contribution in [0.2, 0.25) is 0 Å². The van der Waals surface area contributed by atoms with Crippen LogP contribution in [0.5, 0.6) is 0 Å². The molecule has 0 saturated carbocycles. The molecule has 0 bridgehead atoms. The molecule has 1 heterocycles. The minimum Gasteiger partial charge on any atom is -0.377 e. The van der Waals surface area contributed by atoms with E-state index in [-0.39, 0.29) is 6.10 Å². The molecule has 0 aromatic heterocycles. The Balaban J connectivity index is 1.61. The molecule has 1 aliphatic heterocycles. The van der Waals surface area contributed by atoms with Gasteiger partial charge < -0.3 is 18.9 Å². The van der Waals surface area contributed by atoms with E-state index in [0.29, 0.717) is 31.5 Å². The molecule has 2 rings (SSSR count). The number of rotatable bonds is 12. The molecule has 0 radical (unpaired) electrons. The Bertz CT molecular complexity index is 470. The average molecular weight is 476 g/mol. The largest absolute Gasteiger partial charge is 0.377 e. The summed E-state index contributed by atoms with van der Waals surface area (Å²) in [6.07, 6.45) is 6.19. The van der Waals surface area contributed by atoms with Gasteiger partial charge in [0.25, 0.3) is 0 Å². The molecule has 0 amide bonds. The van der Waals surface area contributed by atoms with Gasteiger partial charge in [-0.2, -0.15) is 0 Å². The van der Waals surface area contributed by atoms with Crippen molar-refractivity contribution in [3.8, 4) is 0 Å². The molecule has 26 heavy (non-hydrogen) atoms. The zero-order valence-electron chi connectivity index (χ0n) is 16.1. The lowest BCUT2D eigenvalue weighted by Crippen LogP contribution is -2.38. The number of halogens is 1. The van der Waals surface area contributed by atoms with Crippen LogP contribution in [0, 0.1) is 5.92 Å². The highest BCUT2D eigenvalue weighted by molar-refractivity contribution is 14.1. The van der Waals surface area contributed by atoms with Gasteiger partial charge in [-0.05, 0) is 37.2 Å². The first-order valence-electron chi connectivity index (χ1n) is 9.64. The van der Waals surface area contributed by atoms with Gasteiger partial charge in [-0.3, -0.25) is 0 Å². The first-order chi connectivity index (χ1) is 12.7. The predicted molar refractivity (Wildman–Crippen MR) is 113 cm³/mol. The quantitative estimate of drug-likeness (QED) is 0.185. The van der Waals surface area contributed by atoms with Gasteiger partial charge in [0, 0.05) is 24.6 Å². The van der Waals surface area contributed by atoms with Gasteiger partial charge in [0.1, 0.15) is 6.79 Å². The van der Waals surface area contributed by atoms with Gasteiger partial charge in [0.15, 0.2) is 0 Å². The third-order valence-electron chi connectivity index (χ3n) is 4.88. The summed E-state index contributed by atoms with van der Waals surface area (Å²) in [6, 6.07) is 10.4. The third-order valence-corrected chi connectivity index (χ3v) is 5.86. The highest BCUT2D eigenvalue weighted by Gasteiger charge is 2.29. The molecule has 1 aliphatic rings. The Morgan fingerprint density at radius 2 is 1.92 bits per heavy atom. The predicted octanol–water partition coefficient (Wildman–Crippen LogP) is 4.98. The van der Waals surface area contributed by atoms with Gasteiger partial charge in [0.05, 0.1) is 24.9 Å². The summed E-state index contributed by atoms with van der Waals surface area (Å²) in [6.45, 7) is 4.20. The molecule has 0 unspecified atom stereocenters. The zero-order valence-corrected chi connectivity index (χ0v) is 18.2. The highest BCUT2D eigenvalue weighted by Crippen LogP contribution is 2.27. The lowest BCUT2D eigenvalue weighted by atomic mass is 9.94. The molecule has 1 fully saturated rings. The van der Waals surface area contributed by atoms with E-state index in [1.54, 1.807) is 7.11 Å². The molecular weight excluding hydrogens is 443 g/mol. The highest BCUT2D eigenvalue weighted by atomic mass is 127. The second kappa shape index (κ2) is 13.0. The molecule has 4 nitrogen and oxygen atoms in total. The summed E-state index contributed by atoms with van der Waals surface area (Å²) in [5.41, 5.74) is 1.24. The standard InChI is InChI=1S/C21H33IO4/c1-17(10-11-24-15-18-6-4-3-5-7-18)8-9-19-12-20(25-16-23-2)13-21(14-22)26-19/h3-7,17,19-21H,8-16H2,1-2H3/t17-,19+,20-,21+/m1/s1. The van der Waals surface area contributed by atoms with Gasteiger partial charge in [0.2, 0.25) is 0 Å². The summed E-state index contributed by atoms with van der Waals surface area (Å²) >= 11 is 2.41. The van der Waals surface area contributed by atoms with Crippen LogP contribution in [-0.4, -0.2) is 43.2 Å². The Kier molecular flexibility index (Phi) is 11.1. The van der Waals surface area contributed by atoms with Gasteiger partial charge in [-0.1, -0.05) is 59.8 Å². The summed E-state index contributed by atoms with van der Waals surface area (Å²) in [5, 5.41) is 0. The van der Waals surface area contributed by atoms with Crippen molar-refractivity contribution in [1.29, 1.82) is 0 Å². The minimum absolute atomic E-state index is 0.262. The number of hydrogen-bond donors (Lipinski definition) is 0. The summed E-state index contributed by atoms with van der Waals surface area (Å²) in [7, 11) is 1.67. The van der Waals surface area contributed by atoms with E-state index in [1.807, 2.05) is 6.07 Å². The van der Waals surface area contributed by atoms with Crippen molar-refractivity contribution in [3.05, 3.63) is 35.9 Å². The lowest BCUT2D eigenvalue weighted by Gasteiger charge is -2.35. The van der Waals surface area contributed by atoms with E-state index >= 15 is 0 Å². The monoisotopic (exact) mass is 476 g/mol. The maximum absolute atomic E-state index is 6.22. The number of methoxy groups -OCH3 is 1. The zero-order chi connectivity index (χ0) is 18.6. The van der Waals surface area contributed by atoms with E-state index in [0.717, 1.165) is 36.7 Å². The van der Waals surface area contributed by atoms with Crippen LogP contribution in [0.1, 0.15) is 44.6 Å².